The quantitative estimate of drug-likeness (QED) is 0.731. The van der Waals surface area contributed by atoms with E-state index in [1.165, 1.54) is 11.0 Å². The van der Waals surface area contributed by atoms with Gasteiger partial charge in [0.1, 0.15) is 11.5 Å². The first-order chi connectivity index (χ1) is 11.5. The minimum absolute atomic E-state index is 0.0708. The Bertz CT molecular complexity index is 643. The van der Waals surface area contributed by atoms with E-state index in [1.807, 2.05) is 0 Å². The van der Waals surface area contributed by atoms with Crippen molar-refractivity contribution >= 4 is 40.0 Å². The largest absolute Gasteiger partial charge is 0.454 e. The number of thiophene rings is 1. The lowest BCUT2D eigenvalue weighted by molar-refractivity contribution is -0.151. The average Bonchev–Trinajstić information content (AvgIpc) is 2.90. The van der Waals surface area contributed by atoms with Crippen molar-refractivity contribution in [2.24, 2.45) is 5.73 Å². The molecular weight excluding hydrogens is 334 g/mol. The molecule has 3 amide bonds. The number of nitrogens with two attached hydrogens (primary N) is 1. The molecule has 1 aliphatic heterocycles. The summed E-state index contributed by atoms with van der Waals surface area (Å²) in [5.74, 6) is -1.93. The van der Waals surface area contributed by atoms with Crippen LogP contribution in [-0.4, -0.2) is 48.3 Å². The third-order valence-corrected chi connectivity index (χ3v) is 4.37. The van der Waals surface area contributed by atoms with Gasteiger partial charge < -0.3 is 20.7 Å². The van der Waals surface area contributed by atoms with Gasteiger partial charge in [0.25, 0.3) is 11.8 Å². The molecule has 0 aromatic carbocycles. The number of carbonyl (C=O) groups is 4. The molecule has 0 atom stereocenters. The number of primary amides is 1. The third-order valence-electron chi connectivity index (χ3n) is 3.54. The van der Waals surface area contributed by atoms with Crippen LogP contribution in [0.15, 0.2) is 11.4 Å². The summed E-state index contributed by atoms with van der Waals surface area (Å²) in [6.07, 6.45) is 3.08. The zero-order chi connectivity index (χ0) is 17.5. The first-order valence-electron chi connectivity index (χ1n) is 7.58. The molecule has 8 nitrogen and oxygen atoms in total. The topological polar surface area (TPSA) is 119 Å². The Hall–Kier alpha value is -2.42. The van der Waals surface area contributed by atoms with E-state index in [0.29, 0.717) is 18.0 Å². The van der Waals surface area contributed by atoms with Gasteiger partial charge >= 0.3 is 5.97 Å². The van der Waals surface area contributed by atoms with Gasteiger partial charge in [0, 0.05) is 13.0 Å². The van der Waals surface area contributed by atoms with E-state index in [4.69, 9.17) is 10.5 Å². The van der Waals surface area contributed by atoms with Crippen LogP contribution in [0, 0.1) is 0 Å². The predicted molar refractivity (Wildman–Crippen MR) is 87.5 cm³/mol. The molecule has 1 aromatic rings. The second kappa shape index (κ2) is 8.44. The van der Waals surface area contributed by atoms with Crippen LogP contribution in [0.2, 0.25) is 0 Å². The van der Waals surface area contributed by atoms with Crippen LogP contribution >= 0.6 is 11.3 Å². The Morgan fingerprint density at radius 2 is 2.08 bits per heavy atom. The number of nitrogens with one attached hydrogen (secondary N) is 1. The number of carbonyl (C=O) groups excluding carboxylic acids is 4. The number of hydrogen-bond acceptors (Lipinski definition) is 6. The minimum atomic E-state index is -0.650. The molecule has 1 aromatic heterocycles. The number of amides is 3. The fraction of sp³-hybridized carbons (Fsp3) is 0.467. The molecule has 1 saturated heterocycles. The standard InChI is InChI=1S/C15H19N3O5S/c16-14(22)10-5-7-24-15(10)17-11(19)9-23-13(21)8-18-6-3-1-2-4-12(18)20/h5,7H,1-4,6,8-9H2,(H2,16,22)(H,17,19). The molecule has 0 saturated carbocycles. The van der Waals surface area contributed by atoms with Gasteiger partial charge in [0.05, 0.1) is 5.56 Å². The van der Waals surface area contributed by atoms with E-state index in [1.54, 1.807) is 5.38 Å². The Morgan fingerprint density at radius 3 is 2.83 bits per heavy atom. The molecule has 9 heteroatoms. The van der Waals surface area contributed by atoms with Crippen LogP contribution in [-0.2, 0) is 19.1 Å². The predicted octanol–water partition coefficient (Wildman–Crippen LogP) is 0.731. The maximum absolute atomic E-state index is 11.8. The van der Waals surface area contributed by atoms with Crippen molar-refractivity contribution in [3.63, 3.8) is 0 Å². The van der Waals surface area contributed by atoms with Gasteiger partial charge in [0.15, 0.2) is 6.61 Å². The Balaban J connectivity index is 1.78. The van der Waals surface area contributed by atoms with E-state index in [9.17, 15) is 19.2 Å². The van der Waals surface area contributed by atoms with Crippen molar-refractivity contribution in [2.45, 2.75) is 25.7 Å². The zero-order valence-electron chi connectivity index (χ0n) is 13.1. The summed E-state index contributed by atoms with van der Waals surface area (Å²) in [4.78, 5) is 48.0. The van der Waals surface area contributed by atoms with E-state index in [0.717, 1.165) is 30.6 Å². The van der Waals surface area contributed by atoms with Gasteiger partial charge in [-0.05, 0) is 24.3 Å². The second-order valence-corrected chi connectivity index (χ2v) is 6.28. The fourth-order valence-corrected chi connectivity index (χ4v) is 3.12. The maximum Gasteiger partial charge on any atom is 0.326 e. The van der Waals surface area contributed by atoms with E-state index in [2.05, 4.69) is 5.32 Å². The molecular formula is C15H19N3O5S. The maximum atomic E-state index is 11.8. The van der Waals surface area contributed by atoms with Crippen LogP contribution in [0.1, 0.15) is 36.0 Å². The summed E-state index contributed by atoms with van der Waals surface area (Å²) in [7, 11) is 0. The summed E-state index contributed by atoms with van der Waals surface area (Å²) in [5, 5.41) is 4.40. The monoisotopic (exact) mass is 353 g/mol. The Kier molecular flexibility index (Phi) is 6.30. The second-order valence-electron chi connectivity index (χ2n) is 5.36. The van der Waals surface area contributed by atoms with Crippen molar-refractivity contribution in [1.82, 2.24) is 4.90 Å². The summed E-state index contributed by atoms with van der Waals surface area (Å²) in [5.41, 5.74) is 5.38. The number of hydrogen-bond donors (Lipinski definition) is 2. The molecule has 24 heavy (non-hydrogen) atoms. The highest BCUT2D eigenvalue weighted by Gasteiger charge is 2.20. The number of esters is 1. The summed E-state index contributed by atoms with van der Waals surface area (Å²) in [6, 6.07) is 1.50. The number of anilines is 1. The molecule has 3 N–H and O–H groups in total. The molecule has 1 fully saturated rings. The zero-order valence-corrected chi connectivity index (χ0v) is 13.9. The molecule has 0 unspecified atom stereocenters. The first-order valence-corrected chi connectivity index (χ1v) is 8.46. The van der Waals surface area contributed by atoms with Gasteiger partial charge in [-0.15, -0.1) is 11.3 Å². The smallest absolute Gasteiger partial charge is 0.326 e. The van der Waals surface area contributed by atoms with Crippen LogP contribution in [0.25, 0.3) is 0 Å². The molecule has 2 rings (SSSR count). The molecule has 1 aliphatic rings. The third kappa shape index (κ3) is 5.05. The number of nitrogens with zero attached hydrogens (tertiary/aromatic N) is 1. The van der Waals surface area contributed by atoms with Crippen molar-refractivity contribution in [3.05, 3.63) is 17.0 Å². The summed E-state index contributed by atoms with van der Waals surface area (Å²) >= 11 is 1.15. The van der Waals surface area contributed by atoms with E-state index >= 15 is 0 Å². The number of likely N-dealkylation sites (tertiary alicyclic amines) is 1. The van der Waals surface area contributed by atoms with E-state index in [-0.39, 0.29) is 18.0 Å². The van der Waals surface area contributed by atoms with Crippen molar-refractivity contribution in [2.75, 3.05) is 25.0 Å². The van der Waals surface area contributed by atoms with Gasteiger partial charge in [0.2, 0.25) is 5.91 Å². The SMILES string of the molecule is NC(=O)c1ccsc1NC(=O)COC(=O)CN1CCCCCC1=O. The molecule has 0 radical (unpaired) electrons. The minimum Gasteiger partial charge on any atom is -0.454 e. The van der Waals surface area contributed by atoms with Crippen molar-refractivity contribution < 1.29 is 23.9 Å². The number of rotatable bonds is 6. The fourth-order valence-electron chi connectivity index (χ4n) is 2.32. The highest BCUT2D eigenvalue weighted by molar-refractivity contribution is 7.14. The summed E-state index contributed by atoms with van der Waals surface area (Å²) < 4.78 is 4.89. The average molecular weight is 353 g/mol. The lowest BCUT2D eigenvalue weighted by Crippen LogP contribution is -2.36. The molecule has 130 valence electrons. The number of ether oxygens (including phenoxy) is 1. The van der Waals surface area contributed by atoms with Gasteiger partial charge in [-0.1, -0.05) is 6.42 Å². The molecule has 0 aliphatic carbocycles. The molecule has 2 heterocycles. The highest BCUT2D eigenvalue weighted by Crippen LogP contribution is 2.22. The normalized spacial score (nSPS) is 14.8. The Labute approximate surface area is 142 Å². The van der Waals surface area contributed by atoms with Crippen LogP contribution < -0.4 is 11.1 Å². The Morgan fingerprint density at radius 1 is 1.29 bits per heavy atom. The molecule has 0 spiro atoms. The van der Waals surface area contributed by atoms with Gasteiger partial charge in [-0.2, -0.15) is 0 Å². The first kappa shape index (κ1) is 17.9. The van der Waals surface area contributed by atoms with Crippen LogP contribution in [0.4, 0.5) is 5.00 Å². The van der Waals surface area contributed by atoms with E-state index < -0.39 is 24.4 Å². The van der Waals surface area contributed by atoms with Crippen LogP contribution in [0.3, 0.4) is 0 Å². The lowest BCUT2D eigenvalue weighted by atomic mass is 10.2. The summed E-state index contributed by atoms with van der Waals surface area (Å²) in [6.45, 7) is -0.119. The lowest BCUT2D eigenvalue weighted by Gasteiger charge is -2.19. The van der Waals surface area contributed by atoms with Gasteiger partial charge in [-0.3, -0.25) is 19.2 Å². The van der Waals surface area contributed by atoms with Crippen LogP contribution in [0.5, 0.6) is 0 Å². The van der Waals surface area contributed by atoms with Gasteiger partial charge in [-0.25, -0.2) is 0 Å². The van der Waals surface area contributed by atoms with Crippen molar-refractivity contribution in [3.8, 4) is 0 Å². The van der Waals surface area contributed by atoms with Crippen molar-refractivity contribution in [1.29, 1.82) is 0 Å². The molecule has 0 bridgehead atoms. The highest BCUT2D eigenvalue weighted by atomic mass is 32.1.